The van der Waals surface area contributed by atoms with Crippen molar-refractivity contribution in [2.75, 3.05) is 0 Å². The molecule has 9 aromatic carbocycles. The molecule has 294 valence electrons. The van der Waals surface area contributed by atoms with E-state index >= 15 is 0 Å². The third-order valence-corrected chi connectivity index (χ3v) is 12.4. The Morgan fingerprint density at radius 3 is 1.57 bits per heavy atom. The van der Waals surface area contributed by atoms with Crippen molar-refractivity contribution in [1.29, 1.82) is 0 Å². The lowest BCUT2D eigenvalue weighted by molar-refractivity contribution is 0.669. The van der Waals surface area contributed by atoms with E-state index < -0.39 is 0 Å². The van der Waals surface area contributed by atoms with Crippen LogP contribution >= 0.6 is 0 Å². The van der Waals surface area contributed by atoms with Crippen LogP contribution < -0.4 is 0 Å². The van der Waals surface area contributed by atoms with Crippen molar-refractivity contribution in [3.05, 3.63) is 212 Å². The minimum Gasteiger partial charge on any atom is -0.455 e. The summed E-state index contributed by atoms with van der Waals surface area (Å²) in [6, 6.07) is 74.4. The summed E-state index contributed by atoms with van der Waals surface area (Å²) in [5.74, 6) is 1.69. The third-order valence-electron chi connectivity index (χ3n) is 12.4. The zero-order chi connectivity index (χ0) is 41.4. The van der Waals surface area contributed by atoms with E-state index in [4.69, 9.17) is 19.4 Å². The van der Waals surface area contributed by atoms with E-state index in [-0.39, 0.29) is 0 Å². The molecule has 0 aliphatic heterocycles. The Labute approximate surface area is 361 Å². The van der Waals surface area contributed by atoms with Gasteiger partial charge in [0.25, 0.3) is 0 Å². The third kappa shape index (κ3) is 5.48. The second kappa shape index (κ2) is 14.0. The molecule has 6 heteroatoms. The Kier molecular flexibility index (Phi) is 7.80. The highest BCUT2D eigenvalue weighted by atomic mass is 16.3. The molecule has 0 radical (unpaired) electrons. The number of furan rings is 1. The fourth-order valence-electron chi connectivity index (χ4n) is 9.59. The molecule has 0 fully saturated rings. The lowest BCUT2D eigenvalue weighted by atomic mass is 10.0. The summed E-state index contributed by atoms with van der Waals surface area (Å²) >= 11 is 0. The average molecular weight is 806 g/mol. The molecular weight excluding hydrogens is 771 g/mol. The minimum atomic E-state index is 0.540. The van der Waals surface area contributed by atoms with Crippen molar-refractivity contribution in [3.8, 4) is 56.7 Å². The van der Waals surface area contributed by atoms with Gasteiger partial charge in [0.15, 0.2) is 17.5 Å². The summed E-state index contributed by atoms with van der Waals surface area (Å²) in [6.07, 6.45) is 0. The molecule has 0 saturated carbocycles. The lowest BCUT2D eigenvalue weighted by Crippen LogP contribution is -2.03. The molecule has 4 heterocycles. The van der Waals surface area contributed by atoms with Crippen LogP contribution in [0.15, 0.2) is 217 Å². The van der Waals surface area contributed by atoms with Gasteiger partial charge in [0.05, 0.1) is 33.3 Å². The molecule has 4 aromatic heterocycles. The zero-order valence-electron chi connectivity index (χ0n) is 33.9. The molecule has 0 aliphatic rings. The molecule has 63 heavy (non-hydrogen) atoms. The number of hydrogen-bond donors (Lipinski definition) is 0. The second-order valence-corrected chi connectivity index (χ2v) is 15.9. The van der Waals surface area contributed by atoms with Crippen molar-refractivity contribution < 1.29 is 4.42 Å². The van der Waals surface area contributed by atoms with Gasteiger partial charge in [0, 0.05) is 49.1 Å². The standard InChI is InChI=1S/C57H35N5O/c1-3-16-36(17-4-1)37-32-34-38(35-33-37)55-58-56(60-57(59-55)47-27-14-25-45-42-22-9-12-31-51(42)63-54(45)47)46-26-13-23-43-40-20-8-11-29-49(40)62(52(43)46)50-30-15-24-44-41-21-7-10-28-48(41)61(53(44)50)39-18-5-2-6-19-39/h1-35H. The molecule has 0 amide bonds. The van der Waals surface area contributed by atoms with Gasteiger partial charge in [-0.05, 0) is 59.7 Å². The number of rotatable bonds is 6. The average Bonchev–Trinajstić information content (AvgIpc) is 4.03. The first-order chi connectivity index (χ1) is 31.3. The van der Waals surface area contributed by atoms with E-state index in [2.05, 4.69) is 191 Å². The van der Waals surface area contributed by atoms with E-state index in [0.29, 0.717) is 17.5 Å². The lowest BCUT2D eigenvalue weighted by Gasteiger charge is -2.16. The molecular formula is C57H35N5O. The van der Waals surface area contributed by atoms with Crippen LogP contribution in [0.25, 0.3) is 122 Å². The molecule has 13 aromatic rings. The van der Waals surface area contributed by atoms with Gasteiger partial charge in [0.1, 0.15) is 11.2 Å². The molecule has 0 bridgehead atoms. The fourth-order valence-corrected chi connectivity index (χ4v) is 9.59. The first-order valence-electron chi connectivity index (χ1n) is 21.2. The molecule has 0 saturated heterocycles. The Hall–Kier alpha value is -8.61. The van der Waals surface area contributed by atoms with Crippen molar-refractivity contribution >= 4 is 65.6 Å². The van der Waals surface area contributed by atoms with E-state index in [1.165, 1.54) is 10.8 Å². The van der Waals surface area contributed by atoms with E-state index in [1.807, 2.05) is 30.3 Å². The summed E-state index contributed by atoms with van der Waals surface area (Å²) < 4.78 is 11.4. The highest BCUT2D eigenvalue weighted by Crippen LogP contribution is 2.43. The Morgan fingerprint density at radius 2 is 0.825 bits per heavy atom. The highest BCUT2D eigenvalue weighted by Gasteiger charge is 2.24. The quantitative estimate of drug-likeness (QED) is 0.168. The van der Waals surface area contributed by atoms with Crippen LogP contribution in [0.2, 0.25) is 0 Å². The van der Waals surface area contributed by atoms with Gasteiger partial charge >= 0.3 is 0 Å². The number of para-hydroxylation sites is 7. The van der Waals surface area contributed by atoms with Crippen LogP contribution in [-0.2, 0) is 0 Å². The molecule has 13 rings (SSSR count). The van der Waals surface area contributed by atoms with Crippen LogP contribution in [-0.4, -0.2) is 24.1 Å². The van der Waals surface area contributed by atoms with Crippen LogP contribution in [0.4, 0.5) is 0 Å². The number of fused-ring (bicyclic) bond motifs is 9. The van der Waals surface area contributed by atoms with Crippen molar-refractivity contribution in [2.24, 2.45) is 0 Å². The van der Waals surface area contributed by atoms with Crippen LogP contribution in [0, 0.1) is 0 Å². The largest absolute Gasteiger partial charge is 0.455 e. The van der Waals surface area contributed by atoms with Gasteiger partial charge < -0.3 is 13.6 Å². The summed E-state index contributed by atoms with van der Waals surface area (Å²) in [6.45, 7) is 0. The summed E-state index contributed by atoms with van der Waals surface area (Å²) in [4.78, 5) is 16.0. The molecule has 0 aliphatic carbocycles. The van der Waals surface area contributed by atoms with Crippen molar-refractivity contribution in [1.82, 2.24) is 24.1 Å². The summed E-state index contributed by atoms with van der Waals surface area (Å²) in [5.41, 5.74) is 13.0. The maximum absolute atomic E-state index is 6.59. The second-order valence-electron chi connectivity index (χ2n) is 15.9. The summed E-state index contributed by atoms with van der Waals surface area (Å²) in [5, 5.41) is 6.70. The monoisotopic (exact) mass is 805 g/mol. The number of aromatic nitrogens is 5. The molecule has 0 atom stereocenters. The maximum atomic E-state index is 6.59. The number of nitrogens with zero attached hydrogens (tertiary/aromatic N) is 5. The Morgan fingerprint density at radius 1 is 0.317 bits per heavy atom. The Bertz CT molecular complexity index is 3900. The summed E-state index contributed by atoms with van der Waals surface area (Å²) in [7, 11) is 0. The fraction of sp³-hybridized carbons (Fsp3) is 0. The normalized spacial score (nSPS) is 11.8. The topological polar surface area (TPSA) is 61.7 Å². The number of benzene rings is 9. The van der Waals surface area contributed by atoms with Crippen LogP contribution in [0.5, 0.6) is 0 Å². The van der Waals surface area contributed by atoms with Crippen molar-refractivity contribution in [3.63, 3.8) is 0 Å². The van der Waals surface area contributed by atoms with Gasteiger partial charge in [0.2, 0.25) is 0 Å². The molecule has 0 N–H and O–H groups in total. The predicted octanol–water partition coefficient (Wildman–Crippen LogP) is 14.6. The van der Waals surface area contributed by atoms with Crippen LogP contribution in [0.3, 0.4) is 0 Å². The SMILES string of the molecule is c1ccc(-c2ccc(-c3nc(-c4cccc5c4oc4ccccc45)nc(-c4cccc5c6ccccc6n(-c6cccc7c8ccccc8n(-c8ccccc8)c67)c45)n3)cc2)cc1. The Balaban J connectivity index is 1.11. The van der Waals surface area contributed by atoms with Crippen molar-refractivity contribution in [2.45, 2.75) is 0 Å². The maximum Gasteiger partial charge on any atom is 0.167 e. The van der Waals surface area contributed by atoms with Gasteiger partial charge in [-0.2, -0.15) is 0 Å². The smallest absolute Gasteiger partial charge is 0.167 e. The van der Waals surface area contributed by atoms with Crippen LogP contribution in [0.1, 0.15) is 0 Å². The van der Waals surface area contributed by atoms with Gasteiger partial charge in [-0.15, -0.1) is 0 Å². The van der Waals surface area contributed by atoms with Gasteiger partial charge in [-0.25, -0.2) is 15.0 Å². The molecule has 0 unspecified atom stereocenters. The minimum absolute atomic E-state index is 0.540. The molecule has 6 nitrogen and oxygen atoms in total. The van der Waals surface area contributed by atoms with E-state index in [9.17, 15) is 0 Å². The predicted molar refractivity (Wildman–Crippen MR) is 258 cm³/mol. The van der Waals surface area contributed by atoms with E-state index in [0.717, 1.165) is 94.0 Å². The first kappa shape index (κ1) is 35.2. The number of hydrogen-bond acceptors (Lipinski definition) is 4. The zero-order valence-corrected chi connectivity index (χ0v) is 33.9. The van der Waals surface area contributed by atoms with E-state index in [1.54, 1.807) is 0 Å². The van der Waals surface area contributed by atoms with Gasteiger partial charge in [-0.3, -0.25) is 0 Å². The molecule has 0 spiro atoms. The highest BCUT2D eigenvalue weighted by molar-refractivity contribution is 6.17. The van der Waals surface area contributed by atoms with Gasteiger partial charge in [-0.1, -0.05) is 164 Å². The first-order valence-corrected chi connectivity index (χ1v) is 21.2.